The van der Waals surface area contributed by atoms with Crippen LogP contribution in [0.25, 0.3) is 11.1 Å². The second-order valence-corrected chi connectivity index (χ2v) is 9.87. The van der Waals surface area contributed by atoms with E-state index in [4.69, 9.17) is 0 Å². The monoisotopic (exact) mass is 520 g/mol. The molecule has 6 nitrogen and oxygen atoms in total. The second kappa shape index (κ2) is 10.2. The van der Waals surface area contributed by atoms with E-state index in [0.29, 0.717) is 16.8 Å². The zero-order chi connectivity index (χ0) is 25.9. The van der Waals surface area contributed by atoms with Crippen LogP contribution in [0.15, 0.2) is 83.9 Å². The van der Waals surface area contributed by atoms with Crippen LogP contribution >= 0.6 is 0 Å². The molecule has 1 aliphatic heterocycles. The van der Waals surface area contributed by atoms with Gasteiger partial charge in [0.25, 0.3) is 0 Å². The predicted molar refractivity (Wildman–Crippen MR) is 123 cm³/mol. The summed E-state index contributed by atoms with van der Waals surface area (Å²) in [5.74, 6) is -1.23. The summed E-state index contributed by atoms with van der Waals surface area (Å²) >= 11 is 0. The van der Waals surface area contributed by atoms with Crippen molar-refractivity contribution in [2.75, 3.05) is 6.54 Å². The molecule has 0 spiro atoms. The highest BCUT2D eigenvalue weighted by atomic mass is 32.2. The van der Waals surface area contributed by atoms with Crippen molar-refractivity contribution >= 4 is 15.8 Å². The van der Waals surface area contributed by atoms with E-state index >= 15 is 0 Å². The number of sulfonamides is 1. The number of ketones is 1. The van der Waals surface area contributed by atoms with E-state index < -0.39 is 28.2 Å². The van der Waals surface area contributed by atoms with Gasteiger partial charge in [-0.05, 0) is 66.1 Å². The topological polar surface area (TPSA) is 76.6 Å². The first-order valence-corrected chi connectivity index (χ1v) is 12.2. The highest BCUT2D eigenvalue weighted by Crippen LogP contribution is 2.27. The molecular formula is C25H20F4N2O4S. The van der Waals surface area contributed by atoms with Gasteiger partial charge in [0, 0.05) is 24.9 Å². The molecule has 0 saturated carbocycles. The molecule has 0 amide bonds. The van der Waals surface area contributed by atoms with Crippen LogP contribution in [0.4, 0.5) is 17.6 Å². The molecule has 1 aromatic heterocycles. The van der Waals surface area contributed by atoms with Crippen molar-refractivity contribution in [3.05, 3.63) is 90.5 Å². The molecule has 2 aromatic carbocycles. The number of aromatic nitrogens is 1. The second-order valence-electron chi connectivity index (χ2n) is 7.98. The fourth-order valence-corrected chi connectivity index (χ4v) is 5.32. The van der Waals surface area contributed by atoms with Crippen LogP contribution in [0.3, 0.4) is 0 Å². The summed E-state index contributed by atoms with van der Waals surface area (Å²) in [6.45, 7) is 0.0257. The number of aryl methyl sites for hydroxylation is 1. The number of nitrogens with zero attached hydrogens (tertiary/aromatic N) is 2. The molecule has 0 aliphatic carbocycles. The van der Waals surface area contributed by atoms with Gasteiger partial charge in [0.2, 0.25) is 10.0 Å². The van der Waals surface area contributed by atoms with E-state index in [1.54, 1.807) is 18.2 Å². The first-order valence-electron chi connectivity index (χ1n) is 10.8. The number of benzene rings is 2. The minimum Gasteiger partial charge on any atom is -0.406 e. The van der Waals surface area contributed by atoms with Gasteiger partial charge in [-0.1, -0.05) is 24.3 Å². The molecule has 0 fully saturated rings. The Bertz CT molecular complexity index is 1370. The molecule has 11 heteroatoms. The van der Waals surface area contributed by atoms with Crippen molar-refractivity contribution in [3.8, 4) is 16.9 Å². The third-order valence-electron chi connectivity index (χ3n) is 5.53. The smallest absolute Gasteiger partial charge is 0.406 e. The molecule has 0 radical (unpaired) electrons. The minimum absolute atomic E-state index is 0.0132. The Labute approximate surface area is 204 Å². The van der Waals surface area contributed by atoms with Crippen molar-refractivity contribution in [2.24, 2.45) is 0 Å². The van der Waals surface area contributed by atoms with Gasteiger partial charge >= 0.3 is 6.36 Å². The third-order valence-corrected chi connectivity index (χ3v) is 7.39. The van der Waals surface area contributed by atoms with Crippen LogP contribution in [0.5, 0.6) is 5.75 Å². The summed E-state index contributed by atoms with van der Waals surface area (Å²) < 4.78 is 81.2. The van der Waals surface area contributed by atoms with Gasteiger partial charge in [-0.2, -0.15) is 4.31 Å². The van der Waals surface area contributed by atoms with Gasteiger partial charge in [-0.25, -0.2) is 12.8 Å². The zero-order valence-electron chi connectivity index (χ0n) is 18.7. The van der Waals surface area contributed by atoms with Crippen molar-refractivity contribution in [1.29, 1.82) is 0 Å². The van der Waals surface area contributed by atoms with E-state index in [1.165, 1.54) is 36.5 Å². The number of hydrogen-bond donors (Lipinski definition) is 0. The van der Waals surface area contributed by atoms with E-state index in [-0.39, 0.29) is 35.8 Å². The molecule has 0 N–H and O–H groups in total. The molecule has 0 saturated heterocycles. The quantitative estimate of drug-likeness (QED) is 0.312. The van der Waals surface area contributed by atoms with Gasteiger partial charge in [-0.3, -0.25) is 9.78 Å². The number of rotatable bonds is 8. The summed E-state index contributed by atoms with van der Waals surface area (Å²) in [6.07, 6.45) is 0.110. The minimum atomic E-state index is -4.78. The van der Waals surface area contributed by atoms with Crippen molar-refractivity contribution in [2.45, 2.75) is 30.1 Å². The van der Waals surface area contributed by atoms with Crippen LogP contribution < -0.4 is 4.74 Å². The van der Waals surface area contributed by atoms with E-state index in [9.17, 15) is 30.8 Å². The van der Waals surface area contributed by atoms with Crippen molar-refractivity contribution in [3.63, 3.8) is 0 Å². The molecule has 3 aromatic rings. The fraction of sp³-hybridized carbons (Fsp3) is 0.200. The largest absolute Gasteiger partial charge is 0.573 e. The van der Waals surface area contributed by atoms with Gasteiger partial charge in [0.15, 0.2) is 5.78 Å². The number of carbonyl (C=O) groups is 1. The van der Waals surface area contributed by atoms with Crippen molar-refractivity contribution in [1.82, 2.24) is 9.29 Å². The first kappa shape index (κ1) is 25.5. The molecule has 188 valence electrons. The average molecular weight is 521 g/mol. The number of Topliss-reactive ketones (excluding diaryl/α,β-unsaturated/α-hetero) is 1. The predicted octanol–water partition coefficient (Wildman–Crippen LogP) is 4.92. The number of hydrogen-bond acceptors (Lipinski definition) is 5. The lowest BCUT2D eigenvalue weighted by molar-refractivity contribution is -0.274. The third kappa shape index (κ3) is 5.97. The van der Waals surface area contributed by atoms with Crippen LogP contribution in [-0.4, -0.2) is 42.4 Å². The number of halogens is 4. The average Bonchev–Trinajstić information content (AvgIpc) is 3.34. The van der Waals surface area contributed by atoms with E-state index in [2.05, 4.69) is 9.72 Å². The standard InChI is InChI=1S/C25H20F4N2O4S/c26-19-5-10-22(11-6-19)36(33,34)31-15-1-2-23(31)24(32)12-7-20-16-18(13-14-30-20)17-3-8-21(9-4-17)35-25(27,28)29/h1-6,8-11,13-14,16,23H,7,12,15H2/t23-/m0/s1. The number of ether oxygens (including phenoxy) is 1. The Hall–Kier alpha value is -3.57. The first-order chi connectivity index (χ1) is 17.0. The molecule has 1 atom stereocenters. The fourth-order valence-electron chi connectivity index (χ4n) is 3.80. The summed E-state index contributed by atoms with van der Waals surface area (Å²) in [5.41, 5.74) is 1.88. The maximum absolute atomic E-state index is 13.2. The highest BCUT2D eigenvalue weighted by Gasteiger charge is 2.36. The van der Waals surface area contributed by atoms with Crippen molar-refractivity contribution < 1.29 is 35.5 Å². The summed E-state index contributed by atoms with van der Waals surface area (Å²) in [7, 11) is -4.00. The Morgan fingerprint density at radius 2 is 1.72 bits per heavy atom. The van der Waals surface area contributed by atoms with Gasteiger partial charge in [-0.15, -0.1) is 13.2 Å². The Balaban J connectivity index is 1.42. The number of pyridine rings is 1. The molecule has 36 heavy (non-hydrogen) atoms. The van der Waals surface area contributed by atoms with E-state index in [1.807, 2.05) is 0 Å². The van der Waals surface area contributed by atoms with Crippen LogP contribution in [0.1, 0.15) is 12.1 Å². The lowest BCUT2D eigenvalue weighted by atomic mass is 10.0. The number of alkyl halides is 3. The van der Waals surface area contributed by atoms with Gasteiger partial charge < -0.3 is 4.74 Å². The van der Waals surface area contributed by atoms with Crippen LogP contribution in [0.2, 0.25) is 0 Å². The zero-order valence-corrected chi connectivity index (χ0v) is 19.5. The maximum Gasteiger partial charge on any atom is 0.573 e. The van der Waals surface area contributed by atoms with Crippen LogP contribution in [-0.2, 0) is 21.2 Å². The Morgan fingerprint density at radius 1 is 1.03 bits per heavy atom. The normalized spacial score (nSPS) is 16.3. The van der Waals surface area contributed by atoms with Crippen LogP contribution in [0, 0.1) is 5.82 Å². The van der Waals surface area contributed by atoms with Gasteiger partial charge in [0.05, 0.1) is 4.90 Å². The summed E-state index contributed by atoms with van der Waals surface area (Å²) in [6, 6.07) is 12.2. The molecule has 1 aliphatic rings. The molecular weight excluding hydrogens is 500 g/mol. The molecule has 0 bridgehead atoms. The molecule has 4 rings (SSSR count). The highest BCUT2D eigenvalue weighted by molar-refractivity contribution is 7.89. The molecule has 2 heterocycles. The molecule has 0 unspecified atom stereocenters. The van der Waals surface area contributed by atoms with E-state index in [0.717, 1.165) is 28.6 Å². The maximum atomic E-state index is 13.2. The van der Waals surface area contributed by atoms with Gasteiger partial charge in [0.1, 0.15) is 17.6 Å². The lowest BCUT2D eigenvalue weighted by Gasteiger charge is -2.23. The Kier molecular flexibility index (Phi) is 7.23. The SMILES string of the molecule is O=C(CCc1cc(-c2ccc(OC(F)(F)F)cc2)ccn1)[C@@H]1C=CCN1S(=O)(=O)c1ccc(F)cc1. The summed E-state index contributed by atoms with van der Waals surface area (Å²) in [4.78, 5) is 17.1. The lowest BCUT2D eigenvalue weighted by Crippen LogP contribution is -2.41. The Morgan fingerprint density at radius 3 is 2.39 bits per heavy atom. The number of carbonyl (C=O) groups excluding carboxylic acids is 1. The summed E-state index contributed by atoms with van der Waals surface area (Å²) in [5, 5.41) is 0.